The molecule has 0 aromatic heterocycles. The lowest BCUT2D eigenvalue weighted by Gasteiger charge is -2.39. The summed E-state index contributed by atoms with van der Waals surface area (Å²) in [6.07, 6.45) is -4.78. The summed E-state index contributed by atoms with van der Waals surface area (Å²) in [6.45, 7) is 1.14. The number of aliphatic hydroxyl groups excluding tert-OH is 4. The second-order valence-electron chi connectivity index (χ2n) is 6.18. The number of hydrogen-bond donors (Lipinski definition) is 4. The van der Waals surface area contributed by atoms with E-state index in [1.54, 1.807) is 13.0 Å². The third kappa shape index (κ3) is 4.66. The molecule has 6 atom stereocenters. The van der Waals surface area contributed by atoms with Crippen molar-refractivity contribution in [1.29, 1.82) is 0 Å². The Bertz CT molecular complexity index is 611. The van der Waals surface area contributed by atoms with E-state index in [1.165, 1.54) is 7.11 Å². The van der Waals surface area contributed by atoms with Gasteiger partial charge in [-0.05, 0) is 12.5 Å². The van der Waals surface area contributed by atoms with Crippen LogP contribution < -0.4 is 0 Å². The molecule has 10 nitrogen and oxygen atoms in total. The molecule has 0 saturated carbocycles. The molecule has 0 amide bonds. The summed E-state index contributed by atoms with van der Waals surface area (Å²) in [5.41, 5.74) is 0.669. The quantitative estimate of drug-likeness (QED) is 0.187. The molecule has 152 valence electrons. The third-order valence-electron chi connectivity index (χ3n) is 4.56. The van der Waals surface area contributed by atoms with Gasteiger partial charge in [-0.25, -0.2) is 4.79 Å². The number of rotatable bonds is 5. The van der Waals surface area contributed by atoms with Crippen LogP contribution in [0.25, 0.3) is 0 Å². The molecule has 0 aromatic carbocycles. The Morgan fingerprint density at radius 1 is 1.26 bits per heavy atom. The molecule has 0 aliphatic carbocycles. The Morgan fingerprint density at radius 2 is 1.96 bits per heavy atom. The average molecular weight is 388 g/mol. The topological polar surface area (TPSA) is 152 Å². The molecule has 0 unspecified atom stereocenters. The number of ether oxygens (including phenoxy) is 4. The third-order valence-corrected chi connectivity index (χ3v) is 4.56. The molecule has 2 fully saturated rings. The van der Waals surface area contributed by atoms with E-state index in [4.69, 9.17) is 18.9 Å². The highest BCUT2D eigenvalue weighted by Gasteiger charge is 2.44. The van der Waals surface area contributed by atoms with Crippen LogP contribution in [0.1, 0.15) is 13.3 Å². The molecule has 10 heteroatoms. The lowest BCUT2D eigenvalue weighted by Crippen LogP contribution is -2.58. The summed E-state index contributed by atoms with van der Waals surface area (Å²) < 4.78 is 20.2. The van der Waals surface area contributed by atoms with Crippen LogP contribution in [0.15, 0.2) is 23.5 Å². The van der Waals surface area contributed by atoms with E-state index >= 15 is 0 Å². The van der Waals surface area contributed by atoms with Crippen LogP contribution in [-0.4, -0.2) is 83.4 Å². The number of allylic oxidation sites excluding steroid dienone is 1. The van der Waals surface area contributed by atoms with Gasteiger partial charge in [0.15, 0.2) is 0 Å². The maximum absolute atomic E-state index is 12.2. The molecule has 0 spiro atoms. The van der Waals surface area contributed by atoms with Gasteiger partial charge in [-0.1, -0.05) is 6.08 Å². The highest BCUT2D eigenvalue weighted by Crippen LogP contribution is 2.31. The zero-order valence-corrected chi connectivity index (χ0v) is 15.0. The van der Waals surface area contributed by atoms with Gasteiger partial charge < -0.3 is 39.4 Å². The van der Waals surface area contributed by atoms with Crippen molar-refractivity contribution in [2.75, 3.05) is 20.3 Å². The first-order valence-electron chi connectivity index (χ1n) is 8.39. The maximum atomic E-state index is 12.2. The number of hydrogen-bond acceptors (Lipinski definition) is 10. The minimum atomic E-state index is -1.63. The van der Waals surface area contributed by atoms with E-state index in [9.17, 15) is 30.0 Å². The fourth-order valence-corrected chi connectivity index (χ4v) is 2.93. The van der Waals surface area contributed by atoms with Gasteiger partial charge >= 0.3 is 11.9 Å². The second-order valence-corrected chi connectivity index (χ2v) is 6.18. The largest absolute Gasteiger partial charge is 0.469 e. The molecule has 2 saturated heterocycles. The van der Waals surface area contributed by atoms with Crippen LogP contribution in [0.2, 0.25) is 0 Å². The Morgan fingerprint density at radius 3 is 2.56 bits per heavy atom. The molecule has 27 heavy (non-hydrogen) atoms. The van der Waals surface area contributed by atoms with Gasteiger partial charge in [-0.2, -0.15) is 0 Å². The first-order valence-corrected chi connectivity index (χ1v) is 8.39. The van der Waals surface area contributed by atoms with Crippen molar-refractivity contribution in [3.63, 3.8) is 0 Å². The fourth-order valence-electron chi connectivity index (χ4n) is 2.93. The van der Waals surface area contributed by atoms with Crippen LogP contribution in [0.3, 0.4) is 0 Å². The van der Waals surface area contributed by atoms with Crippen LogP contribution in [-0.2, 0) is 28.5 Å². The molecule has 2 heterocycles. The van der Waals surface area contributed by atoms with Gasteiger partial charge in [-0.3, -0.25) is 4.79 Å². The lowest BCUT2D eigenvalue weighted by atomic mass is 9.87. The van der Waals surface area contributed by atoms with Gasteiger partial charge in [0, 0.05) is 5.92 Å². The van der Waals surface area contributed by atoms with E-state index < -0.39 is 55.2 Å². The molecule has 4 N–H and O–H groups in total. The van der Waals surface area contributed by atoms with Crippen LogP contribution in [0.5, 0.6) is 0 Å². The van der Waals surface area contributed by atoms with Crippen LogP contribution in [0, 0.1) is 5.92 Å². The lowest BCUT2D eigenvalue weighted by molar-refractivity contribution is -0.288. The van der Waals surface area contributed by atoms with Crippen LogP contribution in [0.4, 0.5) is 0 Å². The van der Waals surface area contributed by atoms with Crippen molar-refractivity contribution < 1.29 is 49.0 Å². The number of carbonyl (C=O) groups excluding carboxylic acids is 2. The Kier molecular flexibility index (Phi) is 7.33. The van der Waals surface area contributed by atoms with E-state index in [-0.39, 0.29) is 18.6 Å². The Hall–Kier alpha value is -1.98. The molecule has 2 aliphatic rings. The van der Waals surface area contributed by atoms with E-state index in [2.05, 4.69) is 0 Å². The number of aliphatic hydroxyl groups is 4. The Balaban J connectivity index is 2.25. The molecule has 2 rings (SSSR count). The second kappa shape index (κ2) is 9.29. The average Bonchev–Trinajstić information content (AvgIpc) is 2.67. The van der Waals surface area contributed by atoms with Crippen molar-refractivity contribution in [3.8, 4) is 0 Å². The molecule has 0 aromatic rings. The van der Waals surface area contributed by atoms with Gasteiger partial charge in [0.05, 0.1) is 32.0 Å². The summed E-state index contributed by atoms with van der Waals surface area (Å²) >= 11 is 0. The van der Waals surface area contributed by atoms with Crippen molar-refractivity contribution >= 4 is 11.9 Å². The van der Waals surface area contributed by atoms with Gasteiger partial charge in [-0.15, -0.1) is 0 Å². The minimum absolute atomic E-state index is 0.000731. The number of methoxy groups -OCH3 is 1. The van der Waals surface area contributed by atoms with Gasteiger partial charge in [0.2, 0.25) is 6.29 Å². The summed E-state index contributed by atoms with van der Waals surface area (Å²) in [5.74, 6) is -1.89. The first-order chi connectivity index (χ1) is 12.8. The van der Waals surface area contributed by atoms with Gasteiger partial charge in [0.1, 0.15) is 31.0 Å². The predicted octanol–water partition coefficient (Wildman–Crippen LogP) is -1.63. The SMILES string of the molecule is C/C=C1\COC(=O)C[C@@H]1/C(=C\O[C@H]1O[C@@H](CO)[C@@H](O)[C@@H](O)[C@H]1O)C(=O)OC. The van der Waals surface area contributed by atoms with Crippen molar-refractivity contribution in [2.45, 2.75) is 44.1 Å². The van der Waals surface area contributed by atoms with E-state index in [1.807, 2.05) is 0 Å². The normalized spacial score (nSPS) is 36.3. The van der Waals surface area contributed by atoms with Crippen LogP contribution >= 0.6 is 0 Å². The molecule has 0 radical (unpaired) electrons. The summed E-state index contributed by atoms with van der Waals surface area (Å²) in [4.78, 5) is 23.8. The zero-order chi connectivity index (χ0) is 20.1. The van der Waals surface area contributed by atoms with E-state index in [0.717, 1.165) is 6.26 Å². The van der Waals surface area contributed by atoms with Crippen molar-refractivity contribution in [2.24, 2.45) is 5.92 Å². The molecular formula is C17H24O10. The summed E-state index contributed by atoms with van der Waals surface area (Å²) in [6, 6.07) is 0. The molecule has 2 aliphatic heterocycles. The zero-order valence-electron chi connectivity index (χ0n) is 15.0. The van der Waals surface area contributed by atoms with E-state index in [0.29, 0.717) is 5.57 Å². The van der Waals surface area contributed by atoms with Crippen molar-refractivity contribution in [1.82, 2.24) is 0 Å². The predicted molar refractivity (Wildman–Crippen MR) is 87.8 cm³/mol. The molecular weight excluding hydrogens is 364 g/mol. The molecule has 0 bridgehead atoms. The summed E-state index contributed by atoms with van der Waals surface area (Å²) in [5, 5.41) is 38.8. The highest BCUT2D eigenvalue weighted by molar-refractivity contribution is 5.90. The fraction of sp³-hybridized carbons (Fsp3) is 0.647. The Labute approximate surface area is 155 Å². The first kappa shape index (κ1) is 21.3. The van der Waals surface area contributed by atoms with Crippen molar-refractivity contribution in [3.05, 3.63) is 23.5 Å². The number of esters is 2. The summed E-state index contributed by atoms with van der Waals surface area (Å²) in [7, 11) is 1.17. The number of cyclic esters (lactones) is 1. The standard InChI is InChI=1S/C17H24O10/c1-3-8-6-25-12(19)4-9(8)10(16(23)24-2)7-26-17-15(22)14(21)13(20)11(5-18)27-17/h3,7,9,11,13-15,17-18,20-22H,4-6H2,1-2H3/b8-3+,10-7+/t9-,11-,13+,14+,15+,17-/m0/s1. The van der Waals surface area contributed by atoms with Gasteiger partial charge in [0.25, 0.3) is 0 Å². The maximum Gasteiger partial charge on any atom is 0.337 e. The highest BCUT2D eigenvalue weighted by atomic mass is 16.7. The monoisotopic (exact) mass is 388 g/mol. The smallest absolute Gasteiger partial charge is 0.337 e. The number of carbonyl (C=O) groups is 2. The minimum Gasteiger partial charge on any atom is -0.469 e.